The first-order valence-corrected chi connectivity index (χ1v) is 8.88. The largest absolute Gasteiger partial charge is 0.378 e. The van der Waals surface area contributed by atoms with Crippen molar-refractivity contribution in [2.24, 2.45) is 0 Å². The molecule has 0 spiro atoms. The quantitative estimate of drug-likeness (QED) is 0.836. The van der Waals surface area contributed by atoms with Gasteiger partial charge in [0.1, 0.15) is 5.76 Å². The van der Waals surface area contributed by atoms with Crippen molar-refractivity contribution in [3.63, 3.8) is 0 Å². The Hall–Kier alpha value is -2.37. The van der Waals surface area contributed by atoms with Crippen LogP contribution < -0.4 is 4.90 Å². The van der Waals surface area contributed by atoms with Gasteiger partial charge in [0.05, 0.1) is 0 Å². The number of likely N-dealkylation sites (tertiary alicyclic amines) is 1. The molecule has 2 aromatic heterocycles. The van der Waals surface area contributed by atoms with E-state index in [0.717, 1.165) is 48.6 Å². The third-order valence-corrected chi connectivity index (χ3v) is 4.64. The van der Waals surface area contributed by atoms with Crippen LogP contribution in [-0.4, -0.2) is 48.1 Å². The normalized spacial score (nSPS) is 17.1. The Morgan fingerprint density at radius 1 is 1.36 bits per heavy atom. The molecule has 25 heavy (non-hydrogen) atoms. The molecule has 134 valence electrons. The van der Waals surface area contributed by atoms with Gasteiger partial charge in [0.25, 0.3) is 5.91 Å². The summed E-state index contributed by atoms with van der Waals surface area (Å²) in [6.45, 7) is 5.50. The fraction of sp³-hybridized carbons (Fsp3) is 0.526. The maximum absolute atomic E-state index is 12.7. The van der Waals surface area contributed by atoms with Gasteiger partial charge in [-0.2, -0.15) is 0 Å². The molecule has 0 unspecified atom stereocenters. The highest BCUT2D eigenvalue weighted by Crippen LogP contribution is 2.29. The standard InChI is InChI=1S/C19H26N4O2/c1-5-6-16-11-18(21-25-16)19(24)23-8-7-14(12-23)17-10-15(22(3)4)9-13(2)20-17/h9-11,14H,5-8,12H2,1-4H3/t14-/m0/s1. The summed E-state index contributed by atoms with van der Waals surface area (Å²) in [5, 5.41) is 3.94. The van der Waals surface area contributed by atoms with Crippen molar-refractivity contribution in [1.82, 2.24) is 15.0 Å². The first-order chi connectivity index (χ1) is 12.0. The molecule has 3 rings (SSSR count). The molecule has 1 amide bonds. The number of hydrogen-bond acceptors (Lipinski definition) is 5. The van der Waals surface area contributed by atoms with Crippen LogP contribution in [0.4, 0.5) is 5.69 Å². The predicted molar refractivity (Wildman–Crippen MR) is 97.1 cm³/mol. The molecule has 3 heterocycles. The van der Waals surface area contributed by atoms with Gasteiger partial charge in [-0.25, -0.2) is 0 Å². The molecule has 1 saturated heterocycles. The Morgan fingerprint density at radius 2 is 2.16 bits per heavy atom. The van der Waals surface area contributed by atoms with Crippen LogP contribution in [0.2, 0.25) is 0 Å². The number of pyridine rings is 1. The average molecular weight is 342 g/mol. The number of nitrogens with zero attached hydrogens (tertiary/aromatic N) is 4. The Morgan fingerprint density at radius 3 is 2.88 bits per heavy atom. The second kappa shape index (κ2) is 7.25. The van der Waals surface area contributed by atoms with E-state index in [0.29, 0.717) is 12.2 Å². The summed E-state index contributed by atoms with van der Waals surface area (Å²) in [4.78, 5) is 21.3. The fourth-order valence-electron chi connectivity index (χ4n) is 3.27. The van der Waals surface area contributed by atoms with Gasteiger partial charge in [0.2, 0.25) is 0 Å². The zero-order chi connectivity index (χ0) is 18.0. The van der Waals surface area contributed by atoms with Crippen molar-refractivity contribution in [3.05, 3.63) is 41.0 Å². The lowest BCUT2D eigenvalue weighted by Gasteiger charge is -2.18. The third-order valence-electron chi connectivity index (χ3n) is 4.64. The fourth-order valence-corrected chi connectivity index (χ4v) is 3.27. The first kappa shape index (κ1) is 17.5. The van der Waals surface area contributed by atoms with Crippen LogP contribution in [0, 0.1) is 6.92 Å². The van der Waals surface area contributed by atoms with Crippen LogP contribution in [-0.2, 0) is 6.42 Å². The summed E-state index contributed by atoms with van der Waals surface area (Å²) in [6, 6.07) is 5.97. The zero-order valence-electron chi connectivity index (χ0n) is 15.5. The number of hydrogen-bond donors (Lipinski definition) is 0. The summed E-state index contributed by atoms with van der Waals surface area (Å²) < 4.78 is 5.24. The van der Waals surface area contributed by atoms with Gasteiger partial charge >= 0.3 is 0 Å². The molecule has 0 bridgehead atoms. The van der Waals surface area contributed by atoms with Crippen LogP contribution in [0.15, 0.2) is 22.7 Å². The van der Waals surface area contributed by atoms with Gasteiger partial charge in [-0.3, -0.25) is 9.78 Å². The maximum Gasteiger partial charge on any atom is 0.276 e. The number of carbonyl (C=O) groups is 1. The number of aryl methyl sites for hydroxylation is 2. The molecule has 1 aliphatic heterocycles. The maximum atomic E-state index is 12.7. The number of carbonyl (C=O) groups excluding carboxylic acids is 1. The molecule has 0 aromatic carbocycles. The molecule has 2 aromatic rings. The molecule has 0 N–H and O–H groups in total. The summed E-state index contributed by atoms with van der Waals surface area (Å²) >= 11 is 0. The molecule has 0 aliphatic carbocycles. The lowest BCUT2D eigenvalue weighted by molar-refractivity contribution is 0.0780. The van der Waals surface area contributed by atoms with Crippen LogP contribution in [0.1, 0.15) is 53.3 Å². The average Bonchev–Trinajstić information content (AvgIpc) is 3.23. The van der Waals surface area contributed by atoms with Gasteiger partial charge in [-0.05, 0) is 31.9 Å². The number of aromatic nitrogens is 2. The van der Waals surface area contributed by atoms with Crippen LogP contribution in [0.25, 0.3) is 0 Å². The highest BCUT2D eigenvalue weighted by atomic mass is 16.5. The highest BCUT2D eigenvalue weighted by molar-refractivity contribution is 5.92. The zero-order valence-corrected chi connectivity index (χ0v) is 15.5. The van der Waals surface area contributed by atoms with E-state index in [1.54, 1.807) is 6.07 Å². The lowest BCUT2D eigenvalue weighted by atomic mass is 10.0. The van der Waals surface area contributed by atoms with E-state index >= 15 is 0 Å². The number of amides is 1. The summed E-state index contributed by atoms with van der Waals surface area (Å²) in [6.07, 6.45) is 2.71. The first-order valence-electron chi connectivity index (χ1n) is 8.88. The number of rotatable bonds is 5. The Labute approximate surface area is 148 Å². The molecule has 6 nitrogen and oxygen atoms in total. The molecular weight excluding hydrogens is 316 g/mol. The van der Waals surface area contributed by atoms with Crippen molar-refractivity contribution >= 4 is 11.6 Å². The van der Waals surface area contributed by atoms with Gasteiger partial charge in [0.15, 0.2) is 5.69 Å². The van der Waals surface area contributed by atoms with Gasteiger partial charge < -0.3 is 14.3 Å². The Bertz CT molecular complexity index is 754. The Kier molecular flexibility index (Phi) is 5.06. The topological polar surface area (TPSA) is 62.5 Å². The Balaban J connectivity index is 1.71. The van der Waals surface area contributed by atoms with Crippen LogP contribution in [0.5, 0.6) is 0 Å². The minimum absolute atomic E-state index is 0.0471. The summed E-state index contributed by atoms with van der Waals surface area (Å²) in [7, 11) is 4.06. The summed E-state index contributed by atoms with van der Waals surface area (Å²) in [5.41, 5.74) is 3.63. The molecule has 0 radical (unpaired) electrons. The lowest BCUT2D eigenvalue weighted by Crippen LogP contribution is -2.28. The van der Waals surface area contributed by atoms with Crippen molar-refractivity contribution in [3.8, 4) is 0 Å². The molecule has 0 saturated carbocycles. The van der Waals surface area contributed by atoms with E-state index in [1.807, 2.05) is 25.9 Å². The van der Waals surface area contributed by atoms with Crippen molar-refractivity contribution < 1.29 is 9.32 Å². The van der Waals surface area contributed by atoms with Gasteiger partial charge in [0, 0.05) is 62.7 Å². The minimum atomic E-state index is -0.0471. The van der Waals surface area contributed by atoms with Crippen molar-refractivity contribution in [2.75, 3.05) is 32.1 Å². The van der Waals surface area contributed by atoms with Crippen LogP contribution >= 0.6 is 0 Å². The van der Waals surface area contributed by atoms with E-state index < -0.39 is 0 Å². The van der Waals surface area contributed by atoms with E-state index in [-0.39, 0.29) is 11.8 Å². The van der Waals surface area contributed by atoms with E-state index in [9.17, 15) is 4.79 Å². The number of anilines is 1. The SMILES string of the molecule is CCCc1cc(C(=O)N2CC[C@H](c3cc(N(C)C)cc(C)n3)C2)no1. The predicted octanol–water partition coefficient (Wildman–Crippen LogP) is 3.03. The minimum Gasteiger partial charge on any atom is -0.378 e. The van der Waals surface area contributed by atoms with Crippen LogP contribution in [0.3, 0.4) is 0 Å². The smallest absolute Gasteiger partial charge is 0.276 e. The monoisotopic (exact) mass is 342 g/mol. The molecule has 6 heteroatoms. The van der Waals surface area contributed by atoms with Crippen molar-refractivity contribution in [1.29, 1.82) is 0 Å². The molecule has 1 aliphatic rings. The van der Waals surface area contributed by atoms with Gasteiger partial charge in [-0.1, -0.05) is 12.1 Å². The molecule has 1 fully saturated rings. The van der Waals surface area contributed by atoms with E-state index in [1.165, 1.54) is 0 Å². The molecular formula is C19H26N4O2. The second-order valence-electron chi connectivity index (χ2n) is 6.95. The molecule has 1 atom stereocenters. The summed E-state index contributed by atoms with van der Waals surface area (Å²) in [5.74, 6) is 0.997. The second-order valence-corrected chi connectivity index (χ2v) is 6.95. The van der Waals surface area contributed by atoms with Gasteiger partial charge in [-0.15, -0.1) is 0 Å². The van der Waals surface area contributed by atoms with E-state index in [2.05, 4.69) is 29.1 Å². The highest BCUT2D eigenvalue weighted by Gasteiger charge is 2.30. The van der Waals surface area contributed by atoms with E-state index in [4.69, 9.17) is 9.51 Å². The van der Waals surface area contributed by atoms with Crippen molar-refractivity contribution in [2.45, 2.75) is 39.0 Å². The third kappa shape index (κ3) is 3.83.